The minimum atomic E-state index is -4.55. The molecular formula is C25H22Cl2N2O6S. The Hall–Kier alpha value is -3.27. The van der Waals surface area contributed by atoms with Gasteiger partial charge in [0, 0.05) is 33.7 Å². The number of benzene rings is 3. The molecule has 188 valence electrons. The number of fused-ring (bicyclic) bond motifs is 1. The molecule has 1 unspecified atom stereocenters. The van der Waals surface area contributed by atoms with Crippen LogP contribution in [0.5, 0.6) is 11.5 Å². The van der Waals surface area contributed by atoms with Crippen LogP contribution in [-0.2, 0) is 25.2 Å². The van der Waals surface area contributed by atoms with E-state index < -0.39 is 27.4 Å². The molecule has 0 bridgehead atoms. The fourth-order valence-corrected chi connectivity index (χ4v) is 6.26. The molecule has 0 fully saturated rings. The molecule has 1 aliphatic heterocycles. The van der Waals surface area contributed by atoms with Crippen molar-refractivity contribution in [2.75, 3.05) is 18.5 Å². The van der Waals surface area contributed by atoms with Crippen LogP contribution in [0.25, 0.3) is 0 Å². The third-order valence-electron chi connectivity index (χ3n) is 5.90. The summed E-state index contributed by atoms with van der Waals surface area (Å²) < 4.78 is 39.2. The van der Waals surface area contributed by atoms with E-state index in [1.807, 2.05) is 0 Å². The Bertz CT molecular complexity index is 1480. The molecule has 0 spiro atoms. The summed E-state index contributed by atoms with van der Waals surface area (Å²) in [5, 5.41) is 3.15. The van der Waals surface area contributed by atoms with Crippen LogP contribution in [0.15, 0.2) is 65.6 Å². The van der Waals surface area contributed by atoms with Crippen LogP contribution >= 0.6 is 23.2 Å². The van der Waals surface area contributed by atoms with E-state index in [0.717, 1.165) is 0 Å². The number of nitrogens with zero attached hydrogens (tertiary/aromatic N) is 1. The van der Waals surface area contributed by atoms with Gasteiger partial charge in [0.1, 0.15) is 16.4 Å². The topological polar surface area (TPSA) is 102 Å². The zero-order valence-corrected chi connectivity index (χ0v) is 21.9. The summed E-state index contributed by atoms with van der Waals surface area (Å²) in [6.07, 6.45) is 0.0361. The predicted octanol–water partition coefficient (Wildman–Crippen LogP) is 4.52. The first-order chi connectivity index (χ1) is 17.1. The molecule has 3 aromatic carbocycles. The summed E-state index contributed by atoms with van der Waals surface area (Å²) in [6, 6.07) is 14.9. The van der Waals surface area contributed by atoms with Crippen LogP contribution < -0.4 is 19.1 Å². The van der Waals surface area contributed by atoms with Crippen molar-refractivity contribution in [3.8, 4) is 11.5 Å². The molecule has 0 aliphatic carbocycles. The van der Waals surface area contributed by atoms with Gasteiger partial charge in [-0.25, -0.2) is 8.42 Å². The number of halogens is 2. The van der Waals surface area contributed by atoms with Crippen molar-refractivity contribution in [1.82, 2.24) is 5.32 Å². The monoisotopic (exact) mass is 548 g/mol. The lowest BCUT2D eigenvalue weighted by molar-refractivity contribution is -0.129. The summed E-state index contributed by atoms with van der Waals surface area (Å²) in [6.45, 7) is 1.62. The Morgan fingerprint density at radius 1 is 1.00 bits per heavy atom. The standard InChI is InChI=1S/C25H22Cl2N2O6S/c1-4-23(30)28-25(17-7-5-6-8-19(17)27)18-13-15(26)9-11-20(18)29(24(25)31)36(32,33)22-12-10-16(34-2)14-21(22)35-3/h5-14H,4H2,1-3H3,(H,28,30). The van der Waals surface area contributed by atoms with Crippen LogP contribution in [0.2, 0.25) is 10.0 Å². The average molecular weight is 549 g/mol. The normalized spacial score (nSPS) is 17.0. The number of nitrogens with one attached hydrogen (secondary N) is 1. The molecule has 0 aromatic heterocycles. The number of carbonyl (C=O) groups is 2. The maximum absolute atomic E-state index is 14.3. The lowest BCUT2D eigenvalue weighted by Crippen LogP contribution is -2.54. The second-order valence-electron chi connectivity index (χ2n) is 7.88. The molecule has 4 rings (SSSR count). The Morgan fingerprint density at radius 3 is 2.36 bits per heavy atom. The highest BCUT2D eigenvalue weighted by Crippen LogP contribution is 2.50. The van der Waals surface area contributed by atoms with Gasteiger partial charge in [0.25, 0.3) is 15.9 Å². The zero-order chi connectivity index (χ0) is 26.3. The third-order valence-corrected chi connectivity index (χ3v) is 8.20. The highest BCUT2D eigenvalue weighted by atomic mass is 35.5. The first-order valence-electron chi connectivity index (χ1n) is 10.8. The number of amides is 2. The van der Waals surface area contributed by atoms with Crippen LogP contribution in [0, 0.1) is 0 Å². The Balaban J connectivity index is 2.04. The van der Waals surface area contributed by atoms with Gasteiger partial charge in [-0.2, -0.15) is 4.31 Å². The lowest BCUT2D eigenvalue weighted by atomic mass is 9.83. The first-order valence-corrected chi connectivity index (χ1v) is 13.0. The molecule has 3 aromatic rings. The van der Waals surface area contributed by atoms with Gasteiger partial charge in [-0.05, 0) is 36.4 Å². The molecule has 0 saturated carbocycles. The molecule has 8 nitrogen and oxygen atoms in total. The van der Waals surface area contributed by atoms with Gasteiger partial charge >= 0.3 is 0 Å². The quantitative estimate of drug-likeness (QED) is 0.465. The van der Waals surface area contributed by atoms with Crippen LogP contribution in [0.3, 0.4) is 0 Å². The second kappa shape index (κ2) is 9.65. The van der Waals surface area contributed by atoms with Gasteiger partial charge in [0.2, 0.25) is 5.91 Å². The van der Waals surface area contributed by atoms with Gasteiger partial charge in [0.15, 0.2) is 5.54 Å². The van der Waals surface area contributed by atoms with Gasteiger partial charge in [-0.15, -0.1) is 0 Å². The van der Waals surface area contributed by atoms with E-state index in [4.69, 9.17) is 32.7 Å². The van der Waals surface area contributed by atoms with Crippen molar-refractivity contribution < 1.29 is 27.5 Å². The van der Waals surface area contributed by atoms with Gasteiger partial charge < -0.3 is 14.8 Å². The minimum Gasteiger partial charge on any atom is -0.497 e. The first kappa shape index (κ1) is 25.8. The predicted molar refractivity (Wildman–Crippen MR) is 136 cm³/mol. The smallest absolute Gasteiger partial charge is 0.276 e. The Kier molecular flexibility index (Phi) is 6.92. The van der Waals surface area contributed by atoms with Crippen molar-refractivity contribution >= 4 is 50.7 Å². The maximum Gasteiger partial charge on any atom is 0.276 e. The van der Waals surface area contributed by atoms with Gasteiger partial charge in [0.05, 0.1) is 19.9 Å². The summed E-state index contributed by atoms with van der Waals surface area (Å²) in [7, 11) is -1.81. The number of carbonyl (C=O) groups excluding carboxylic acids is 2. The van der Waals surface area contributed by atoms with Crippen LogP contribution in [-0.4, -0.2) is 34.5 Å². The third kappa shape index (κ3) is 3.97. The molecular weight excluding hydrogens is 527 g/mol. The zero-order valence-electron chi connectivity index (χ0n) is 19.5. The molecule has 1 heterocycles. The fraction of sp³-hybridized carbons (Fsp3) is 0.200. The summed E-state index contributed by atoms with van der Waals surface area (Å²) in [5.74, 6) is -1.08. The van der Waals surface area contributed by atoms with Crippen molar-refractivity contribution in [3.63, 3.8) is 0 Å². The van der Waals surface area contributed by atoms with E-state index in [1.165, 1.54) is 50.6 Å². The molecule has 11 heteroatoms. The van der Waals surface area contributed by atoms with Crippen LogP contribution in [0.1, 0.15) is 24.5 Å². The second-order valence-corrected chi connectivity index (χ2v) is 10.5. The average Bonchev–Trinajstić information content (AvgIpc) is 3.11. The number of sulfonamides is 1. The number of hydrogen-bond donors (Lipinski definition) is 1. The number of hydrogen-bond acceptors (Lipinski definition) is 6. The van der Waals surface area contributed by atoms with Crippen LogP contribution in [0.4, 0.5) is 5.69 Å². The molecule has 2 amide bonds. The highest BCUT2D eigenvalue weighted by molar-refractivity contribution is 7.93. The van der Waals surface area contributed by atoms with E-state index >= 15 is 0 Å². The molecule has 0 saturated heterocycles. The van der Waals surface area contributed by atoms with E-state index in [9.17, 15) is 18.0 Å². The molecule has 36 heavy (non-hydrogen) atoms. The number of rotatable bonds is 7. The van der Waals surface area contributed by atoms with E-state index in [-0.39, 0.29) is 43.9 Å². The number of ether oxygens (including phenoxy) is 2. The van der Waals surface area contributed by atoms with E-state index in [2.05, 4.69) is 5.32 Å². The van der Waals surface area contributed by atoms with Crippen molar-refractivity contribution in [3.05, 3.63) is 81.8 Å². The fourth-order valence-electron chi connectivity index (χ4n) is 4.20. The van der Waals surface area contributed by atoms with Crippen molar-refractivity contribution in [2.24, 2.45) is 0 Å². The summed E-state index contributed by atoms with van der Waals surface area (Å²) in [4.78, 5) is 26.8. The molecule has 1 N–H and O–H groups in total. The number of anilines is 1. The Labute approximate surface area is 218 Å². The van der Waals surface area contributed by atoms with E-state index in [0.29, 0.717) is 10.1 Å². The molecule has 1 atom stereocenters. The van der Waals surface area contributed by atoms with E-state index in [1.54, 1.807) is 31.2 Å². The lowest BCUT2D eigenvalue weighted by Gasteiger charge is -2.31. The van der Waals surface area contributed by atoms with Crippen molar-refractivity contribution in [2.45, 2.75) is 23.8 Å². The maximum atomic E-state index is 14.3. The van der Waals surface area contributed by atoms with Gasteiger partial charge in [-0.3, -0.25) is 9.59 Å². The number of methoxy groups -OCH3 is 2. The highest BCUT2D eigenvalue weighted by Gasteiger charge is 2.58. The molecule has 0 radical (unpaired) electrons. The largest absolute Gasteiger partial charge is 0.497 e. The SMILES string of the molecule is CCC(=O)NC1(c2ccccc2Cl)C(=O)N(S(=O)(=O)c2ccc(OC)cc2OC)c2ccc(Cl)cc21. The summed E-state index contributed by atoms with van der Waals surface area (Å²) >= 11 is 12.8. The Morgan fingerprint density at radius 2 is 1.72 bits per heavy atom. The molecule has 1 aliphatic rings. The van der Waals surface area contributed by atoms with Gasteiger partial charge in [-0.1, -0.05) is 48.3 Å². The minimum absolute atomic E-state index is 0.0227. The van der Waals surface area contributed by atoms with Crippen molar-refractivity contribution in [1.29, 1.82) is 0 Å². The summed E-state index contributed by atoms with van der Waals surface area (Å²) in [5.41, 5.74) is -1.54.